The van der Waals surface area contributed by atoms with Crippen LogP contribution in [0.5, 0.6) is 0 Å². The largest absolute Gasteiger partial charge is 0.478 e. The molecule has 1 heterocycles. The van der Waals surface area contributed by atoms with Crippen molar-refractivity contribution in [3.8, 4) is 0 Å². The molecule has 5 nitrogen and oxygen atoms in total. The number of aliphatic hydroxyl groups excluding tert-OH is 1. The van der Waals surface area contributed by atoms with Crippen LogP contribution in [0.25, 0.3) is 0 Å². The number of carboxylic acid groups (broad SMARTS) is 1. The summed E-state index contributed by atoms with van der Waals surface area (Å²) in [5.41, 5.74) is -0.129. The fourth-order valence-electron chi connectivity index (χ4n) is 1.94. The maximum atomic E-state index is 12.9. The maximum absolute atomic E-state index is 12.9. The lowest BCUT2D eigenvalue weighted by Gasteiger charge is -2.16. The standard InChI is InChI=1S/C12H15FN2O3/c13-8-5-9(11(17)18)10(14-6-8)15-7-12(1-2-12)3-4-16/h5-6,16H,1-4,7H2,(H,14,15)(H,17,18). The summed E-state index contributed by atoms with van der Waals surface area (Å²) in [6, 6.07) is 0.948. The van der Waals surface area contributed by atoms with E-state index in [-0.39, 0.29) is 23.4 Å². The second-order valence-electron chi connectivity index (χ2n) is 4.68. The molecule has 0 spiro atoms. The fourth-order valence-corrected chi connectivity index (χ4v) is 1.94. The highest BCUT2D eigenvalue weighted by Crippen LogP contribution is 2.48. The minimum absolute atomic E-state index is 0.0423. The third-order valence-electron chi connectivity index (χ3n) is 3.31. The first-order valence-corrected chi connectivity index (χ1v) is 5.80. The Morgan fingerprint density at radius 3 is 2.83 bits per heavy atom. The topological polar surface area (TPSA) is 82.5 Å². The Hall–Kier alpha value is -1.69. The first-order chi connectivity index (χ1) is 8.56. The lowest BCUT2D eigenvalue weighted by Crippen LogP contribution is -2.19. The first-order valence-electron chi connectivity index (χ1n) is 5.80. The zero-order valence-electron chi connectivity index (χ0n) is 9.82. The van der Waals surface area contributed by atoms with E-state index in [9.17, 15) is 9.18 Å². The predicted molar refractivity (Wildman–Crippen MR) is 63.0 cm³/mol. The molecule has 1 aliphatic rings. The van der Waals surface area contributed by atoms with Crippen molar-refractivity contribution in [1.29, 1.82) is 0 Å². The van der Waals surface area contributed by atoms with Crippen LogP contribution in [0.15, 0.2) is 12.3 Å². The van der Waals surface area contributed by atoms with Crippen LogP contribution in [-0.2, 0) is 0 Å². The first kappa shape index (κ1) is 12.8. The zero-order chi connectivity index (χ0) is 13.2. The van der Waals surface area contributed by atoms with Gasteiger partial charge in [0.2, 0.25) is 0 Å². The lowest BCUT2D eigenvalue weighted by molar-refractivity contribution is 0.0697. The molecule has 18 heavy (non-hydrogen) atoms. The van der Waals surface area contributed by atoms with Crippen LogP contribution in [0.1, 0.15) is 29.6 Å². The molecule has 2 rings (SSSR count). The Labute approximate surface area is 104 Å². The number of carboxylic acids is 1. The Bertz CT molecular complexity index is 461. The summed E-state index contributed by atoms with van der Waals surface area (Å²) in [7, 11) is 0. The number of aromatic nitrogens is 1. The number of anilines is 1. The van der Waals surface area contributed by atoms with Crippen LogP contribution < -0.4 is 5.32 Å². The van der Waals surface area contributed by atoms with Gasteiger partial charge in [0.05, 0.1) is 6.20 Å². The van der Waals surface area contributed by atoms with Gasteiger partial charge in [-0.05, 0) is 30.7 Å². The average Bonchev–Trinajstić information content (AvgIpc) is 3.08. The van der Waals surface area contributed by atoms with E-state index in [1.807, 2.05) is 0 Å². The Balaban J connectivity index is 2.07. The van der Waals surface area contributed by atoms with E-state index >= 15 is 0 Å². The number of rotatable bonds is 6. The van der Waals surface area contributed by atoms with Gasteiger partial charge < -0.3 is 15.5 Å². The molecular formula is C12H15FN2O3. The van der Waals surface area contributed by atoms with Crippen molar-refractivity contribution in [3.05, 3.63) is 23.6 Å². The van der Waals surface area contributed by atoms with Crippen LogP contribution in [0.3, 0.4) is 0 Å². The molecule has 0 saturated heterocycles. The monoisotopic (exact) mass is 254 g/mol. The van der Waals surface area contributed by atoms with Crippen molar-refractivity contribution < 1.29 is 19.4 Å². The van der Waals surface area contributed by atoms with Crippen molar-refractivity contribution in [1.82, 2.24) is 4.98 Å². The van der Waals surface area contributed by atoms with Gasteiger partial charge in [-0.2, -0.15) is 0 Å². The van der Waals surface area contributed by atoms with Gasteiger partial charge in [0.15, 0.2) is 0 Å². The molecule has 98 valence electrons. The molecule has 0 aromatic carbocycles. The van der Waals surface area contributed by atoms with Crippen LogP contribution in [-0.4, -0.2) is 34.3 Å². The Morgan fingerprint density at radius 1 is 1.56 bits per heavy atom. The van der Waals surface area contributed by atoms with E-state index in [1.54, 1.807) is 0 Å². The molecule has 0 unspecified atom stereocenters. The summed E-state index contributed by atoms with van der Waals surface area (Å²) in [6.45, 7) is 0.663. The number of pyridine rings is 1. The van der Waals surface area contributed by atoms with E-state index in [0.29, 0.717) is 13.0 Å². The minimum atomic E-state index is -1.21. The van der Waals surface area contributed by atoms with Crippen molar-refractivity contribution >= 4 is 11.8 Å². The number of nitrogens with zero attached hydrogens (tertiary/aromatic N) is 1. The second-order valence-corrected chi connectivity index (χ2v) is 4.68. The fraction of sp³-hybridized carbons (Fsp3) is 0.500. The van der Waals surface area contributed by atoms with Crippen molar-refractivity contribution in [2.24, 2.45) is 5.41 Å². The SMILES string of the molecule is O=C(O)c1cc(F)cnc1NCC1(CCO)CC1. The molecule has 0 bridgehead atoms. The number of aromatic carboxylic acids is 1. The van der Waals surface area contributed by atoms with Crippen molar-refractivity contribution in [2.45, 2.75) is 19.3 Å². The molecule has 6 heteroatoms. The lowest BCUT2D eigenvalue weighted by atomic mass is 10.0. The number of hydrogen-bond acceptors (Lipinski definition) is 4. The molecule has 1 aromatic rings. The third-order valence-corrected chi connectivity index (χ3v) is 3.31. The summed E-state index contributed by atoms with van der Waals surface area (Å²) in [5.74, 6) is -1.71. The van der Waals surface area contributed by atoms with E-state index in [4.69, 9.17) is 10.2 Å². The van der Waals surface area contributed by atoms with E-state index in [2.05, 4.69) is 10.3 Å². The van der Waals surface area contributed by atoms with E-state index < -0.39 is 11.8 Å². The highest BCUT2D eigenvalue weighted by Gasteiger charge is 2.41. The maximum Gasteiger partial charge on any atom is 0.339 e. The van der Waals surface area contributed by atoms with Gasteiger partial charge >= 0.3 is 5.97 Å². The van der Waals surface area contributed by atoms with Gasteiger partial charge in [0.1, 0.15) is 17.2 Å². The summed E-state index contributed by atoms with van der Waals surface area (Å²) in [6.07, 6.45) is 3.68. The van der Waals surface area contributed by atoms with Gasteiger partial charge in [-0.25, -0.2) is 14.2 Å². The van der Waals surface area contributed by atoms with Gasteiger partial charge in [0.25, 0.3) is 0 Å². The smallest absolute Gasteiger partial charge is 0.339 e. The van der Waals surface area contributed by atoms with Crippen molar-refractivity contribution in [2.75, 3.05) is 18.5 Å². The Morgan fingerprint density at radius 2 is 2.28 bits per heavy atom. The number of hydrogen-bond donors (Lipinski definition) is 3. The molecule has 3 N–H and O–H groups in total. The molecular weight excluding hydrogens is 239 g/mol. The summed E-state index contributed by atoms with van der Waals surface area (Å²) < 4.78 is 12.9. The molecule has 0 radical (unpaired) electrons. The molecule has 1 aromatic heterocycles. The van der Waals surface area contributed by atoms with Crippen molar-refractivity contribution in [3.63, 3.8) is 0 Å². The van der Waals surface area contributed by atoms with Gasteiger partial charge in [-0.1, -0.05) is 0 Å². The second kappa shape index (κ2) is 4.89. The number of halogens is 1. The third kappa shape index (κ3) is 2.76. The Kier molecular flexibility index (Phi) is 3.47. The zero-order valence-corrected chi connectivity index (χ0v) is 9.82. The van der Waals surface area contributed by atoms with Gasteiger partial charge in [0, 0.05) is 13.2 Å². The van der Waals surface area contributed by atoms with Crippen LogP contribution in [0.4, 0.5) is 10.2 Å². The number of aliphatic hydroxyl groups is 1. The van der Waals surface area contributed by atoms with Crippen LogP contribution in [0, 0.1) is 11.2 Å². The van der Waals surface area contributed by atoms with E-state index in [0.717, 1.165) is 25.1 Å². The van der Waals surface area contributed by atoms with Gasteiger partial charge in [-0.3, -0.25) is 0 Å². The highest BCUT2D eigenvalue weighted by molar-refractivity contribution is 5.93. The molecule has 0 amide bonds. The molecule has 0 atom stereocenters. The molecule has 0 aliphatic heterocycles. The summed E-state index contributed by atoms with van der Waals surface area (Å²) in [4.78, 5) is 14.7. The molecule has 1 fully saturated rings. The predicted octanol–water partition coefficient (Wildman–Crippen LogP) is 1.49. The van der Waals surface area contributed by atoms with Crippen LogP contribution >= 0.6 is 0 Å². The summed E-state index contributed by atoms with van der Waals surface area (Å²) >= 11 is 0. The van der Waals surface area contributed by atoms with Crippen LogP contribution in [0.2, 0.25) is 0 Å². The van der Waals surface area contributed by atoms with Gasteiger partial charge in [-0.15, -0.1) is 0 Å². The number of nitrogens with one attached hydrogen (secondary N) is 1. The minimum Gasteiger partial charge on any atom is -0.478 e. The molecule has 1 aliphatic carbocycles. The summed E-state index contributed by atoms with van der Waals surface area (Å²) in [5, 5.41) is 20.8. The normalized spacial score (nSPS) is 16.3. The molecule has 1 saturated carbocycles. The van der Waals surface area contributed by atoms with E-state index in [1.165, 1.54) is 0 Å². The number of carbonyl (C=O) groups is 1. The highest BCUT2D eigenvalue weighted by atomic mass is 19.1. The quantitative estimate of drug-likeness (QED) is 0.716. The average molecular weight is 254 g/mol.